The van der Waals surface area contributed by atoms with Crippen molar-refractivity contribution in [3.8, 4) is 0 Å². The van der Waals surface area contributed by atoms with Crippen LogP contribution in [0.1, 0.15) is 24.6 Å². The summed E-state index contributed by atoms with van der Waals surface area (Å²) in [5.74, 6) is 0.471. The predicted molar refractivity (Wildman–Crippen MR) is 70.1 cm³/mol. The van der Waals surface area contributed by atoms with Crippen molar-refractivity contribution in [3.63, 3.8) is 0 Å². The Hall–Kier alpha value is 0.0300. The summed E-state index contributed by atoms with van der Waals surface area (Å²) in [6, 6.07) is 1.98. The normalized spacial score (nSPS) is 19.7. The Kier molecular flexibility index (Phi) is 4.35. The second kappa shape index (κ2) is 5.58. The van der Waals surface area contributed by atoms with E-state index in [1.165, 1.54) is 0 Å². The molecule has 1 aliphatic rings. The smallest absolute Gasteiger partial charge is 0.0716 e. The Bertz CT molecular complexity index is 367. The lowest BCUT2D eigenvalue weighted by Gasteiger charge is -2.27. The van der Waals surface area contributed by atoms with Crippen molar-refractivity contribution >= 4 is 31.9 Å². The molecule has 0 amide bonds. The molecule has 0 aliphatic carbocycles. The van der Waals surface area contributed by atoms with Crippen LogP contribution in [0.3, 0.4) is 0 Å². The van der Waals surface area contributed by atoms with Crippen molar-refractivity contribution < 1.29 is 4.74 Å². The molecule has 1 aliphatic heterocycles. The van der Waals surface area contributed by atoms with Crippen molar-refractivity contribution in [2.24, 2.45) is 11.7 Å². The Morgan fingerprint density at radius 2 is 2.06 bits per heavy atom. The number of pyridine rings is 1. The molecule has 1 atom stereocenters. The molecule has 16 heavy (non-hydrogen) atoms. The number of nitrogens with two attached hydrogens (primary N) is 1. The fourth-order valence-electron chi connectivity index (χ4n) is 1.97. The van der Waals surface area contributed by atoms with Gasteiger partial charge in [0, 0.05) is 28.4 Å². The largest absolute Gasteiger partial charge is 0.381 e. The summed E-state index contributed by atoms with van der Waals surface area (Å²) >= 11 is 6.90. The first kappa shape index (κ1) is 12.5. The van der Waals surface area contributed by atoms with Crippen molar-refractivity contribution in [2.75, 3.05) is 13.2 Å². The van der Waals surface area contributed by atoms with Crippen LogP contribution in [0.2, 0.25) is 0 Å². The SMILES string of the molecule is NC(c1ncc(Br)cc1Br)C1CCOCC1. The summed E-state index contributed by atoms with van der Waals surface area (Å²) in [6.07, 6.45) is 3.83. The van der Waals surface area contributed by atoms with Crippen molar-refractivity contribution in [2.45, 2.75) is 18.9 Å². The van der Waals surface area contributed by atoms with Gasteiger partial charge in [-0.25, -0.2) is 0 Å². The molecule has 1 fully saturated rings. The predicted octanol–water partition coefficient (Wildman–Crippen LogP) is 3.03. The number of hydrogen-bond acceptors (Lipinski definition) is 3. The van der Waals surface area contributed by atoms with E-state index in [1.54, 1.807) is 6.20 Å². The van der Waals surface area contributed by atoms with Gasteiger partial charge in [-0.05, 0) is 56.7 Å². The molecule has 1 aromatic rings. The maximum Gasteiger partial charge on any atom is 0.0716 e. The summed E-state index contributed by atoms with van der Waals surface area (Å²) in [6.45, 7) is 1.62. The monoisotopic (exact) mass is 348 g/mol. The lowest BCUT2D eigenvalue weighted by Crippen LogP contribution is -2.28. The highest BCUT2D eigenvalue weighted by molar-refractivity contribution is 9.11. The molecule has 0 spiro atoms. The van der Waals surface area contributed by atoms with Crippen molar-refractivity contribution in [1.82, 2.24) is 4.98 Å². The van der Waals surface area contributed by atoms with Gasteiger partial charge >= 0.3 is 0 Å². The summed E-state index contributed by atoms with van der Waals surface area (Å²) in [4.78, 5) is 4.39. The molecule has 5 heteroatoms. The zero-order chi connectivity index (χ0) is 11.5. The molecule has 88 valence electrons. The van der Waals surface area contributed by atoms with Gasteiger partial charge in [-0.3, -0.25) is 4.98 Å². The zero-order valence-corrected chi connectivity index (χ0v) is 12.0. The topological polar surface area (TPSA) is 48.1 Å². The Morgan fingerprint density at radius 1 is 1.38 bits per heavy atom. The quantitative estimate of drug-likeness (QED) is 0.892. The van der Waals surface area contributed by atoms with Crippen LogP contribution in [0.5, 0.6) is 0 Å². The molecule has 0 radical (unpaired) electrons. The van der Waals surface area contributed by atoms with E-state index >= 15 is 0 Å². The van der Waals surface area contributed by atoms with Crippen LogP contribution in [-0.2, 0) is 4.74 Å². The van der Waals surface area contributed by atoms with Crippen LogP contribution in [0.15, 0.2) is 21.2 Å². The number of nitrogens with zero attached hydrogens (tertiary/aromatic N) is 1. The average molecular weight is 350 g/mol. The van der Waals surface area contributed by atoms with E-state index in [0.29, 0.717) is 5.92 Å². The lowest BCUT2D eigenvalue weighted by atomic mass is 9.90. The standard InChI is InChI=1S/C11H14Br2N2O/c12-8-5-9(13)11(15-6-8)10(14)7-1-3-16-4-2-7/h5-7,10H,1-4,14H2. The Morgan fingerprint density at radius 3 is 2.69 bits per heavy atom. The number of ether oxygens (including phenoxy) is 1. The van der Waals surface area contributed by atoms with E-state index in [4.69, 9.17) is 10.5 Å². The minimum atomic E-state index is -0.00799. The highest BCUT2D eigenvalue weighted by Crippen LogP contribution is 2.31. The van der Waals surface area contributed by atoms with Crippen LogP contribution in [0, 0.1) is 5.92 Å². The van der Waals surface area contributed by atoms with E-state index in [-0.39, 0.29) is 6.04 Å². The molecule has 0 aromatic carbocycles. The Labute approximate surface area is 112 Å². The summed E-state index contributed by atoms with van der Waals surface area (Å²) in [5.41, 5.74) is 7.20. The van der Waals surface area contributed by atoms with Crippen LogP contribution < -0.4 is 5.73 Å². The first-order valence-corrected chi connectivity index (χ1v) is 6.91. The van der Waals surface area contributed by atoms with Gasteiger partial charge in [0.25, 0.3) is 0 Å². The van der Waals surface area contributed by atoms with E-state index in [0.717, 1.165) is 40.7 Å². The van der Waals surface area contributed by atoms with Crippen LogP contribution in [0.25, 0.3) is 0 Å². The maximum atomic E-state index is 6.26. The summed E-state index contributed by atoms with van der Waals surface area (Å²) < 4.78 is 7.27. The molecule has 2 heterocycles. The molecule has 2 N–H and O–H groups in total. The number of rotatable bonds is 2. The molecular formula is C11H14Br2N2O. The van der Waals surface area contributed by atoms with Gasteiger partial charge in [-0.1, -0.05) is 0 Å². The van der Waals surface area contributed by atoms with Gasteiger partial charge < -0.3 is 10.5 Å². The third-order valence-electron chi connectivity index (χ3n) is 2.93. The second-order valence-corrected chi connectivity index (χ2v) is 5.77. The molecule has 0 saturated carbocycles. The van der Waals surface area contributed by atoms with E-state index < -0.39 is 0 Å². The van der Waals surface area contributed by atoms with Gasteiger partial charge in [0.15, 0.2) is 0 Å². The van der Waals surface area contributed by atoms with Gasteiger partial charge in [-0.2, -0.15) is 0 Å². The van der Waals surface area contributed by atoms with Crippen LogP contribution in [0.4, 0.5) is 0 Å². The molecule has 2 rings (SSSR count). The molecule has 1 unspecified atom stereocenters. The summed E-state index contributed by atoms with van der Waals surface area (Å²) in [5, 5.41) is 0. The molecule has 0 bridgehead atoms. The number of aromatic nitrogens is 1. The maximum absolute atomic E-state index is 6.26. The molecular weight excluding hydrogens is 336 g/mol. The van der Waals surface area contributed by atoms with Crippen molar-refractivity contribution in [3.05, 3.63) is 26.9 Å². The Balaban J connectivity index is 2.15. The average Bonchev–Trinajstić information content (AvgIpc) is 2.29. The number of hydrogen-bond donors (Lipinski definition) is 1. The van der Waals surface area contributed by atoms with E-state index in [1.807, 2.05) is 6.07 Å². The minimum absolute atomic E-state index is 0.00799. The number of halogens is 2. The summed E-state index contributed by atoms with van der Waals surface area (Å²) in [7, 11) is 0. The zero-order valence-electron chi connectivity index (χ0n) is 8.83. The molecule has 1 aromatic heterocycles. The van der Waals surface area contributed by atoms with Crippen LogP contribution in [-0.4, -0.2) is 18.2 Å². The highest BCUT2D eigenvalue weighted by atomic mass is 79.9. The van der Waals surface area contributed by atoms with Crippen molar-refractivity contribution in [1.29, 1.82) is 0 Å². The lowest BCUT2D eigenvalue weighted by molar-refractivity contribution is 0.0578. The van der Waals surface area contributed by atoms with Gasteiger partial charge in [0.1, 0.15) is 0 Å². The van der Waals surface area contributed by atoms with E-state index in [9.17, 15) is 0 Å². The van der Waals surface area contributed by atoms with E-state index in [2.05, 4.69) is 36.8 Å². The third-order valence-corrected chi connectivity index (χ3v) is 3.99. The molecule has 1 saturated heterocycles. The first-order valence-electron chi connectivity index (χ1n) is 5.32. The first-order chi connectivity index (χ1) is 7.68. The van der Waals surface area contributed by atoms with Gasteiger partial charge in [0.05, 0.1) is 11.7 Å². The van der Waals surface area contributed by atoms with Gasteiger partial charge in [-0.15, -0.1) is 0 Å². The fraction of sp³-hybridized carbons (Fsp3) is 0.545. The minimum Gasteiger partial charge on any atom is -0.381 e. The second-order valence-electron chi connectivity index (χ2n) is 4.00. The third kappa shape index (κ3) is 2.83. The highest BCUT2D eigenvalue weighted by Gasteiger charge is 2.24. The van der Waals surface area contributed by atoms with Crippen LogP contribution >= 0.6 is 31.9 Å². The molecule has 3 nitrogen and oxygen atoms in total. The fourth-order valence-corrected chi connectivity index (χ4v) is 3.22. The van der Waals surface area contributed by atoms with Gasteiger partial charge in [0.2, 0.25) is 0 Å².